The van der Waals surface area contributed by atoms with Crippen LogP contribution in [0.5, 0.6) is 0 Å². The summed E-state index contributed by atoms with van der Waals surface area (Å²) in [6.45, 7) is 2.14. The number of benzene rings is 1. The van der Waals surface area contributed by atoms with E-state index in [2.05, 4.69) is 9.89 Å². The summed E-state index contributed by atoms with van der Waals surface area (Å²) in [5.74, 6) is 0.312. The van der Waals surface area contributed by atoms with Crippen molar-refractivity contribution in [3.63, 3.8) is 0 Å². The molecule has 0 aromatic heterocycles. The van der Waals surface area contributed by atoms with Crippen LogP contribution in [-0.4, -0.2) is 49.5 Å². The van der Waals surface area contributed by atoms with E-state index in [0.29, 0.717) is 18.1 Å². The third-order valence-electron chi connectivity index (χ3n) is 3.15. The molecule has 1 aliphatic rings. The Labute approximate surface area is 107 Å². The molecule has 0 amide bonds. The monoisotopic (exact) mass is 250 g/mol. The highest BCUT2D eigenvalue weighted by Crippen LogP contribution is 2.27. The Morgan fingerprint density at radius 1 is 1.44 bits per heavy atom. The lowest BCUT2D eigenvalue weighted by molar-refractivity contribution is 0.289. The molecule has 0 saturated carbocycles. The standard InChI is InChI=1S/C13H19FN4/c1-17(2)7-8-18-12(9-16-13(18)15)10-5-3-4-6-11(10)14/h3-6,12H,7-9H2,1-2H3,(H2,15,16). The van der Waals surface area contributed by atoms with Gasteiger partial charge in [-0.2, -0.15) is 0 Å². The van der Waals surface area contributed by atoms with Crippen molar-refractivity contribution in [1.29, 1.82) is 0 Å². The highest BCUT2D eigenvalue weighted by Gasteiger charge is 2.28. The summed E-state index contributed by atoms with van der Waals surface area (Å²) in [4.78, 5) is 8.27. The molecule has 0 fully saturated rings. The molecule has 2 rings (SSSR count). The number of halogens is 1. The van der Waals surface area contributed by atoms with E-state index in [1.807, 2.05) is 25.1 Å². The molecule has 0 radical (unpaired) electrons. The molecule has 1 heterocycles. The fraction of sp³-hybridized carbons (Fsp3) is 0.462. The van der Waals surface area contributed by atoms with Crippen LogP contribution in [0.4, 0.5) is 4.39 Å². The van der Waals surface area contributed by atoms with E-state index in [-0.39, 0.29) is 11.9 Å². The summed E-state index contributed by atoms with van der Waals surface area (Å²) in [5, 5.41) is 0. The zero-order chi connectivity index (χ0) is 13.1. The first kappa shape index (κ1) is 12.8. The maximum Gasteiger partial charge on any atom is 0.191 e. The van der Waals surface area contributed by atoms with Gasteiger partial charge in [0.15, 0.2) is 5.96 Å². The predicted molar refractivity (Wildman–Crippen MR) is 70.9 cm³/mol. The lowest BCUT2D eigenvalue weighted by Gasteiger charge is -2.28. The van der Waals surface area contributed by atoms with Crippen molar-refractivity contribution in [1.82, 2.24) is 9.80 Å². The highest BCUT2D eigenvalue weighted by atomic mass is 19.1. The average molecular weight is 250 g/mol. The Kier molecular flexibility index (Phi) is 3.81. The Morgan fingerprint density at radius 3 is 2.83 bits per heavy atom. The van der Waals surface area contributed by atoms with Crippen molar-refractivity contribution >= 4 is 5.96 Å². The maximum absolute atomic E-state index is 13.8. The Bertz CT molecular complexity index is 444. The van der Waals surface area contributed by atoms with Crippen LogP contribution in [0.25, 0.3) is 0 Å². The molecule has 4 nitrogen and oxygen atoms in total. The second kappa shape index (κ2) is 5.35. The Hall–Kier alpha value is -1.62. The minimum atomic E-state index is -0.192. The minimum absolute atomic E-state index is 0.0776. The van der Waals surface area contributed by atoms with Gasteiger partial charge in [0.2, 0.25) is 0 Å². The van der Waals surface area contributed by atoms with E-state index in [9.17, 15) is 4.39 Å². The molecule has 0 spiro atoms. The van der Waals surface area contributed by atoms with E-state index < -0.39 is 0 Å². The van der Waals surface area contributed by atoms with E-state index in [1.165, 1.54) is 6.07 Å². The van der Waals surface area contributed by atoms with Crippen molar-refractivity contribution in [3.05, 3.63) is 35.6 Å². The van der Waals surface area contributed by atoms with Gasteiger partial charge in [-0.15, -0.1) is 0 Å². The largest absolute Gasteiger partial charge is 0.370 e. The molecule has 2 N–H and O–H groups in total. The zero-order valence-electron chi connectivity index (χ0n) is 10.8. The van der Waals surface area contributed by atoms with Gasteiger partial charge in [-0.05, 0) is 20.2 Å². The van der Waals surface area contributed by atoms with Crippen LogP contribution in [0.15, 0.2) is 29.3 Å². The first-order valence-corrected chi connectivity index (χ1v) is 6.05. The van der Waals surface area contributed by atoms with Crippen LogP contribution in [0.1, 0.15) is 11.6 Å². The van der Waals surface area contributed by atoms with Gasteiger partial charge in [-0.3, -0.25) is 4.99 Å². The van der Waals surface area contributed by atoms with Gasteiger partial charge in [-0.25, -0.2) is 4.39 Å². The number of nitrogens with two attached hydrogens (primary N) is 1. The SMILES string of the molecule is CN(C)CCN1C(N)=NCC1c1ccccc1F. The lowest BCUT2D eigenvalue weighted by Crippen LogP contribution is -2.40. The first-order chi connectivity index (χ1) is 8.59. The second-order valence-corrected chi connectivity index (χ2v) is 4.73. The number of aliphatic imine (C=N–C) groups is 1. The van der Waals surface area contributed by atoms with Crippen LogP contribution in [-0.2, 0) is 0 Å². The fourth-order valence-electron chi connectivity index (χ4n) is 2.12. The average Bonchev–Trinajstić information content (AvgIpc) is 2.68. The quantitative estimate of drug-likeness (QED) is 0.869. The Balaban J connectivity index is 2.15. The molecule has 1 aliphatic heterocycles. The summed E-state index contributed by atoms with van der Waals surface area (Å²) < 4.78 is 13.8. The van der Waals surface area contributed by atoms with Gasteiger partial charge in [0.1, 0.15) is 5.82 Å². The lowest BCUT2D eigenvalue weighted by atomic mass is 10.1. The summed E-state index contributed by atoms with van der Waals surface area (Å²) in [6.07, 6.45) is 0. The second-order valence-electron chi connectivity index (χ2n) is 4.73. The maximum atomic E-state index is 13.8. The van der Waals surface area contributed by atoms with Gasteiger partial charge in [0.25, 0.3) is 0 Å². The van der Waals surface area contributed by atoms with Crippen LogP contribution >= 0.6 is 0 Å². The van der Waals surface area contributed by atoms with Crippen LogP contribution in [0.3, 0.4) is 0 Å². The molecule has 1 aromatic rings. The number of hydrogen-bond acceptors (Lipinski definition) is 4. The van der Waals surface area contributed by atoms with Crippen molar-refractivity contribution in [3.8, 4) is 0 Å². The zero-order valence-corrected chi connectivity index (χ0v) is 10.8. The minimum Gasteiger partial charge on any atom is -0.370 e. The molecular weight excluding hydrogens is 231 g/mol. The number of likely N-dealkylation sites (N-methyl/N-ethyl adjacent to an activating group) is 1. The van der Waals surface area contributed by atoms with Crippen LogP contribution in [0, 0.1) is 5.82 Å². The molecule has 5 heteroatoms. The molecule has 1 atom stereocenters. The summed E-state index contributed by atoms with van der Waals surface area (Å²) in [6, 6.07) is 6.75. The summed E-state index contributed by atoms with van der Waals surface area (Å²) in [7, 11) is 4.00. The molecule has 1 aromatic carbocycles. The van der Waals surface area contributed by atoms with Crippen molar-refractivity contribution in [2.75, 3.05) is 33.7 Å². The van der Waals surface area contributed by atoms with Crippen molar-refractivity contribution in [2.24, 2.45) is 10.7 Å². The first-order valence-electron chi connectivity index (χ1n) is 6.05. The molecule has 0 saturated heterocycles. The molecule has 1 unspecified atom stereocenters. The Morgan fingerprint density at radius 2 is 2.17 bits per heavy atom. The van der Waals surface area contributed by atoms with Gasteiger partial charge in [0, 0.05) is 18.7 Å². The molecule has 98 valence electrons. The predicted octanol–water partition coefficient (Wildman–Crippen LogP) is 1.06. The van der Waals surface area contributed by atoms with Crippen molar-refractivity contribution < 1.29 is 4.39 Å². The van der Waals surface area contributed by atoms with Crippen molar-refractivity contribution in [2.45, 2.75) is 6.04 Å². The number of guanidine groups is 1. The summed E-state index contributed by atoms with van der Waals surface area (Å²) >= 11 is 0. The third kappa shape index (κ3) is 2.61. The van der Waals surface area contributed by atoms with E-state index in [0.717, 1.165) is 13.1 Å². The topological polar surface area (TPSA) is 44.9 Å². The molecule has 0 aliphatic carbocycles. The number of hydrogen-bond donors (Lipinski definition) is 1. The normalized spacial score (nSPS) is 19.4. The van der Waals surface area contributed by atoms with Gasteiger partial charge >= 0.3 is 0 Å². The van der Waals surface area contributed by atoms with Gasteiger partial charge in [0.05, 0.1) is 12.6 Å². The van der Waals surface area contributed by atoms with E-state index in [4.69, 9.17) is 5.73 Å². The molecular formula is C13H19FN4. The highest BCUT2D eigenvalue weighted by molar-refractivity contribution is 5.80. The van der Waals surface area contributed by atoms with Crippen LogP contribution < -0.4 is 5.73 Å². The third-order valence-corrected chi connectivity index (χ3v) is 3.15. The van der Waals surface area contributed by atoms with E-state index >= 15 is 0 Å². The smallest absolute Gasteiger partial charge is 0.191 e. The van der Waals surface area contributed by atoms with Gasteiger partial charge in [-0.1, -0.05) is 18.2 Å². The fourth-order valence-corrected chi connectivity index (χ4v) is 2.12. The summed E-state index contributed by atoms with van der Waals surface area (Å²) in [5.41, 5.74) is 6.55. The molecule has 18 heavy (non-hydrogen) atoms. The number of rotatable bonds is 4. The molecule has 0 bridgehead atoms. The van der Waals surface area contributed by atoms with Gasteiger partial charge < -0.3 is 15.5 Å². The number of nitrogens with zero attached hydrogens (tertiary/aromatic N) is 3. The van der Waals surface area contributed by atoms with Crippen LogP contribution in [0.2, 0.25) is 0 Å². The van der Waals surface area contributed by atoms with E-state index in [1.54, 1.807) is 12.1 Å².